The van der Waals surface area contributed by atoms with Gasteiger partial charge in [0.05, 0.1) is 0 Å². The quantitative estimate of drug-likeness (QED) is 0.526. The van der Waals surface area contributed by atoms with Crippen LogP contribution in [0.15, 0.2) is 0 Å². The van der Waals surface area contributed by atoms with Crippen LogP contribution >= 0.6 is 11.5 Å². The molecule has 1 aromatic heterocycles. The Kier molecular flexibility index (Phi) is 6.03. The van der Waals surface area contributed by atoms with Gasteiger partial charge in [0.2, 0.25) is 0 Å². The number of anilines is 1. The Morgan fingerprint density at radius 2 is 2.27 bits per heavy atom. The standard InChI is InChI=1S/C9H18N4OS/c1-2-3-4-5-6-11-9-8(14-7-10)12-13-15-9/h11H,2-7,10H2,1H3. The number of hydrogen-bond acceptors (Lipinski definition) is 6. The van der Waals surface area contributed by atoms with E-state index in [4.69, 9.17) is 10.5 Å². The fraction of sp³-hybridized carbons (Fsp3) is 0.778. The summed E-state index contributed by atoms with van der Waals surface area (Å²) in [6, 6.07) is 0. The Labute approximate surface area is 94.2 Å². The normalized spacial score (nSPS) is 10.3. The maximum atomic E-state index is 5.27. The highest BCUT2D eigenvalue weighted by Gasteiger charge is 2.07. The average molecular weight is 230 g/mol. The molecule has 0 spiro atoms. The largest absolute Gasteiger partial charge is 0.459 e. The first-order chi connectivity index (χ1) is 7.38. The maximum absolute atomic E-state index is 5.27. The third-order valence-corrected chi connectivity index (χ3v) is 2.66. The van der Waals surface area contributed by atoms with Crippen molar-refractivity contribution >= 4 is 16.5 Å². The molecule has 1 rings (SSSR count). The van der Waals surface area contributed by atoms with Crippen molar-refractivity contribution in [3.8, 4) is 5.88 Å². The molecule has 1 heterocycles. The molecule has 0 fully saturated rings. The van der Waals surface area contributed by atoms with E-state index in [-0.39, 0.29) is 6.73 Å². The second kappa shape index (κ2) is 7.42. The van der Waals surface area contributed by atoms with Crippen LogP contribution in [0.1, 0.15) is 32.6 Å². The summed E-state index contributed by atoms with van der Waals surface area (Å²) in [5, 5.41) is 7.95. The van der Waals surface area contributed by atoms with Crippen LogP contribution < -0.4 is 15.8 Å². The molecule has 0 aliphatic heterocycles. The van der Waals surface area contributed by atoms with Gasteiger partial charge < -0.3 is 10.1 Å². The van der Waals surface area contributed by atoms with Crippen LogP contribution in [0.4, 0.5) is 5.00 Å². The molecule has 0 aliphatic rings. The Morgan fingerprint density at radius 3 is 3.00 bits per heavy atom. The fourth-order valence-electron chi connectivity index (χ4n) is 1.22. The molecule has 5 nitrogen and oxygen atoms in total. The monoisotopic (exact) mass is 230 g/mol. The SMILES string of the molecule is CCCCCCNc1snnc1OCN. The predicted octanol–water partition coefficient (Wildman–Crippen LogP) is 1.83. The van der Waals surface area contributed by atoms with Crippen molar-refractivity contribution in [3.05, 3.63) is 0 Å². The van der Waals surface area contributed by atoms with Crippen LogP contribution in [0.5, 0.6) is 5.88 Å². The molecule has 0 aliphatic carbocycles. The minimum atomic E-state index is 0.135. The van der Waals surface area contributed by atoms with Gasteiger partial charge in [-0.2, -0.15) is 0 Å². The van der Waals surface area contributed by atoms with E-state index in [0.717, 1.165) is 18.0 Å². The second-order valence-corrected chi connectivity index (χ2v) is 3.96. The summed E-state index contributed by atoms with van der Waals surface area (Å²) >= 11 is 1.30. The average Bonchev–Trinajstić information content (AvgIpc) is 2.66. The van der Waals surface area contributed by atoms with Crippen molar-refractivity contribution in [2.75, 3.05) is 18.6 Å². The van der Waals surface area contributed by atoms with Gasteiger partial charge in [0.1, 0.15) is 6.73 Å². The molecule has 0 saturated heterocycles. The minimum absolute atomic E-state index is 0.135. The van der Waals surface area contributed by atoms with E-state index in [0.29, 0.717) is 5.88 Å². The highest BCUT2D eigenvalue weighted by molar-refractivity contribution is 7.10. The fourth-order valence-corrected chi connectivity index (χ4v) is 1.76. The number of aromatic nitrogens is 2. The Bertz CT molecular complexity index is 266. The molecule has 0 unspecified atom stereocenters. The van der Waals surface area contributed by atoms with Crippen molar-refractivity contribution in [2.45, 2.75) is 32.6 Å². The lowest BCUT2D eigenvalue weighted by atomic mass is 10.2. The Balaban J connectivity index is 2.21. The topological polar surface area (TPSA) is 73.1 Å². The molecule has 0 amide bonds. The van der Waals surface area contributed by atoms with E-state index in [1.165, 1.54) is 30.8 Å². The van der Waals surface area contributed by atoms with E-state index in [9.17, 15) is 0 Å². The van der Waals surface area contributed by atoms with Crippen molar-refractivity contribution in [1.29, 1.82) is 0 Å². The van der Waals surface area contributed by atoms with Crippen molar-refractivity contribution < 1.29 is 4.74 Å². The number of nitrogens with two attached hydrogens (primary N) is 1. The van der Waals surface area contributed by atoms with E-state index in [1.54, 1.807) is 0 Å². The summed E-state index contributed by atoms with van der Waals surface area (Å²) in [5.41, 5.74) is 5.27. The van der Waals surface area contributed by atoms with Crippen molar-refractivity contribution in [1.82, 2.24) is 9.59 Å². The molecular formula is C9H18N4OS. The van der Waals surface area contributed by atoms with Crippen LogP contribution in [0, 0.1) is 0 Å². The van der Waals surface area contributed by atoms with Crippen LogP contribution in [-0.4, -0.2) is 22.9 Å². The molecule has 3 N–H and O–H groups in total. The van der Waals surface area contributed by atoms with E-state index >= 15 is 0 Å². The molecule has 0 atom stereocenters. The first-order valence-electron chi connectivity index (χ1n) is 5.27. The van der Waals surface area contributed by atoms with Crippen molar-refractivity contribution in [2.24, 2.45) is 5.73 Å². The van der Waals surface area contributed by atoms with Gasteiger partial charge in [0.25, 0.3) is 5.88 Å². The van der Waals surface area contributed by atoms with Crippen LogP contribution in [-0.2, 0) is 0 Å². The van der Waals surface area contributed by atoms with Gasteiger partial charge in [-0.1, -0.05) is 35.8 Å². The smallest absolute Gasteiger partial charge is 0.271 e. The summed E-state index contributed by atoms with van der Waals surface area (Å²) in [7, 11) is 0. The summed E-state index contributed by atoms with van der Waals surface area (Å²) in [6.45, 7) is 3.27. The molecule has 15 heavy (non-hydrogen) atoms. The molecule has 0 saturated carbocycles. The number of nitrogens with one attached hydrogen (secondary N) is 1. The molecule has 0 aromatic carbocycles. The third-order valence-electron chi connectivity index (χ3n) is 1.99. The van der Waals surface area contributed by atoms with Gasteiger partial charge >= 0.3 is 0 Å². The van der Waals surface area contributed by atoms with E-state index < -0.39 is 0 Å². The lowest BCUT2D eigenvalue weighted by molar-refractivity contribution is 0.317. The number of unbranched alkanes of at least 4 members (excludes halogenated alkanes) is 3. The molecule has 6 heteroatoms. The zero-order valence-corrected chi connectivity index (χ0v) is 9.85. The van der Waals surface area contributed by atoms with Gasteiger partial charge in [-0.15, -0.1) is 0 Å². The highest BCUT2D eigenvalue weighted by atomic mass is 32.1. The molecule has 1 aromatic rings. The molecule has 0 bridgehead atoms. The third kappa shape index (κ3) is 4.44. The number of hydrogen-bond donors (Lipinski definition) is 2. The molecule has 0 radical (unpaired) electrons. The Morgan fingerprint density at radius 1 is 1.40 bits per heavy atom. The Hall–Kier alpha value is -0.880. The van der Waals surface area contributed by atoms with Gasteiger partial charge in [0.15, 0.2) is 5.00 Å². The van der Waals surface area contributed by atoms with Crippen LogP contribution in [0.2, 0.25) is 0 Å². The molecule has 86 valence electrons. The first-order valence-corrected chi connectivity index (χ1v) is 6.05. The number of ether oxygens (including phenoxy) is 1. The zero-order valence-electron chi connectivity index (χ0n) is 9.03. The number of rotatable bonds is 8. The lowest BCUT2D eigenvalue weighted by Crippen LogP contribution is -2.09. The lowest BCUT2D eigenvalue weighted by Gasteiger charge is -2.04. The van der Waals surface area contributed by atoms with E-state index in [2.05, 4.69) is 21.8 Å². The highest BCUT2D eigenvalue weighted by Crippen LogP contribution is 2.24. The predicted molar refractivity (Wildman–Crippen MR) is 62.2 cm³/mol. The van der Waals surface area contributed by atoms with Gasteiger partial charge in [-0.05, 0) is 6.42 Å². The van der Waals surface area contributed by atoms with Crippen molar-refractivity contribution in [3.63, 3.8) is 0 Å². The van der Waals surface area contributed by atoms with Gasteiger partial charge in [-0.3, -0.25) is 5.73 Å². The summed E-state index contributed by atoms with van der Waals surface area (Å²) in [5.74, 6) is 0.512. The van der Waals surface area contributed by atoms with Crippen LogP contribution in [0.25, 0.3) is 0 Å². The maximum Gasteiger partial charge on any atom is 0.271 e. The zero-order chi connectivity index (χ0) is 10.9. The summed E-state index contributed by atoms with van der Waals surface area (Å²) in [4.78, 5) is 0. The minimum Gasteiger partial charge on any atom is -0.459 e. The molecular weight excluding hydrogens is 212 g/mol. The summed E-state index contributed by atoms with van der Waals surface area (Å²) < 4.78 is 8.91. The van der Waals surface area contributed by atoms with Gasteiger partial charge in [-0.25, -0.2) is 0 Å². The summed E-state index contributed by atoms with van der Waals surface area (Å²) in [6.07, 6.45) is 4.95. The van der Waals surface area contributed by atoms with Gasteiger partial charge in [0, 0.05) is 18.1 Å². The van der Waals surface area contributed by atoms with Crippen LogP contribution in [0.3, 0.4) is 0 Å². The van der Waals surface area contributed by atoms with E-state index in [1.807, 2.05) is 0 Å². The second-order valence-electron chi connectivity index (χ2n) is 3.21. The number of nitrogens with zero attached hydrogens (tertiary/aromatic N) is 2. The first kappa shape index (κ1) is 12.2.